The molecule has 4 heteroatoms. The molecule has 1 fully saturated rings. The summed E-state index contributed by atoms with van der Waals surface area (Å²) in [4.78, 5) is 11.3. The lowest BCUT2D eigenvalue weighted by Crippen LogP contribution is -2.40. The van der Waals surface area contributed by atoms with Crippen LogP contribution >= 0.6 is 0 Å². The van der Waals surface area contributed by atoms with E-state index >= 15 is 0 Å². The number of hydrogen-bond donors (Lipinski definition) is 2. The number of aliphatic hydroxyl groups is 2. The van der Waals surface area contributed by atoms with Gasteiger partial charge in [0, 0.05) is 11.0 Å². The fourth-order valence-electron chi connectivity index (χ4n) is 2.92. The molecular formula is C12H18O4. The molecule has 0 aromatic heterocycles. The van der Waals surface area contributed by atoms with E-state index in [1.165, 1.54) is 7.11 Å². The summed E-state index contributed by atoms with van der Waals surface area (Å²) in [6, 6.07) is 0. The van der Waals surface area contributed by atoms with Crippen molar-refractivity contribution in [1.82, 2.24) is 0 Å². The van der Waals surface area contributed by atoms with Gasteiger partial charge in [-0.3, -0.25) is 0 Å². The standard InChI is InChI=1S/C12H18O4/c1-16-11(15)8-4-6-12(7-5-8)9(13)2-3-10(12)14/h4,9-10,13-14H,2-3,5-7H2,1H3. The van der Waals surface area contributed by atoms with Crippen molar-refractivity contribution >= 4 is 5.97 Å². The average Bonchev–Trinajstić information content (AvgIpc) is 2.58. The van der Waals surface area contributed by atoms with Crippen LogP contribution in [0.5, 0.6) is 0 Å². The van der Waals surface area contributed by atoms with Crippen LogP contribution in [0, 0.1) is 5.41 Å². The Hall–Kier alpha value is -0.870. The van der Waals surface area contributed by atoms with E-state index in [-0.39, 0.29) is 5.97 Å². The van der Waals surface area contributed by atoms with Gasteiger partial charge in [0.1, 0.15) is 0 Å². The average molecular weight is 226 g/mol. The maximum atomic E-state index is 11.3. The van der Waals surface area contributed by atoms with Crippen LogP contribution in [-0.2, 0) is 9.53 Å². The van der Waals surface area contributed by atoms with Crippen molar-refractivity contribution < 1.29 is 19.7 Å². The van der Waals surface area contributed by atoms with Crippen molar-refractivity contribution in [1.29, 1.82) is 0 Å². The number of esters is 1. The van der Waals surface area contributed by atoms with Crippen LogP contribution in [0.3, 0.4) is 0 Å². The second-order valence-corrected chi connectivity index (χ2v) is 4.77. The molecule has 0 heterocycles. The largest absolute Gasteiger partial charge is 0.466 e. The molecule has 2 unspecified atom stereocenters. The van der Waals surface area contributed by atoms with Crippen molar-refractivity contribution in [2.24, 2.45) is 5.41 Å². The second-order valence-electron chi connectivity index (χ2n) is 4.77. The molecule has 2 atom stereocenters. The molecule has 0 aromatic rings. The number of carbonyl (C=O) groups excluding carboxylic acids is 1. The zero-order chi connectivity index (χ0) is 11.8. The minimum atomic E-state index is -0.446. The fraction of sp³-hybridized carbons (Fsp3) is 0.750. The first kappa shape index (κ1) is 11.6. The summed E-state index contributed by atoms with van der Waals surface area (Å²) in [5, 5.41) is 19.9. The van der Waals surface area contributed by atoms with Gasteiger partial charge in [-0.2, -0.15) is 0 Å². The molecule has 0 aromatic carbocycles. The summed E-state index contributed by atoms with van der Waals surface area (Å²) in [5.41, 5.74) is 0.247. The molecule has 2 aliphatic carbocycles. The van der Waals surface area contributed by atoms with Crippen molar-refractivity contribution in [3.05, 3.63) is 11.6 Å². The summed E-state index contributed by atoms with van der Waals surface area (Å²) >= 11 is 0. The van der Waals surface area contributed by atoms with E-state index in [4.69, 9.17) is 0 Å². The summed E-state index contributed by atoms with van der Waals surface area (Å²) in [7, 11) is 1.37. The molecule has 90 valence electrons. The van der Waals surface area contributed by atoms with Gasteiger partial charge in [-0.1, -0.05) is 6.08 Å². The number of allylic oxidation sites excluding steroid dienone is 1. The van der Waals surface area contributed by atoms with Crippen LogP contribution in [0.4, 0.5) is 0 Å². The second kappa shape index (κ2) is 4.18. The maximum Gasteiger partial charge on any atom is 0.333 e. The molecule has 0 aliphatic heterocycles. The molecule has 0 bridgehead atoms. The van der Waals surface area contributed by atoms with E-state index in [1.54, 1.807) is 0 Å². The van der Waals surface area contributed by atoms with Gasteiger partial charge in [0.2, 0.25) is 0 Å². The van der Waals surface area contributed by atoms with Crippen LogP contribution in [0.1, 0.15) is 32.1 Å². The van der Waals surface area contributed by atoms with Crippen LogP contribution < -0.4 is 0 Å². The molecule has 1 saturated carbocycles. The lowest BCUT2D eigenvalue weighted by molar-refractivity contribution is -0.136. The monoisotopic (exact) mass is 226 g/mol. The summed E-state index contributed by atoms with van der Waals surface area (Å²) < 4.78 is 4.66. The van der Waals surface area contributed by atoms with Gasteiger partial charge in [-0.15, -0.1) is 0 Å². The molecule has 2 rings (SSSR count). The zero-order valence-electron chi connectivity index (χ0n) is 9.48. The van der Waals surface area contributed by atoms with Crippen molar-refractivity contribution in [3.63, 3.8) is 0 Å². The topological polar surface area (TPSA) is 66.8 Å². The minimum Gasteiger partial charge on any atom is -0.466 e. The minimum absolute atomic E-state index is 0.295. The highest BCUT2D eigenvalue weighted by molar-refractivity contribution is 5.88. The molecule has 4 nitrogen and oxygen atoms in total. The van der Waals surface area contributed by atoms with E-state index in [0.717, 1.165) is 0 Å². The Morgan fingerprint density at radius 2 is 2.06 bits per heavy atom. The molecule has 2 N–H and O–H groups in total. The quantitative estimate of drug-likeness (QED) is 0.648. The Labute approximate surface area is 94.9 Å². The van der Waals surface area contributed by atoms with Crippen LogP contribution in [0.2, 0.25) is 0 Å². The highest BCUT2D eigenvalue weighted by Gasteiger charge is 2.49. The van der Waals surface area contributed by atoms with Crippen molar-refractivity contribution in [2.75, 3.05) is 7.11 Å². The number of carbonyl (C=O) groups is 1. The predicted octanol–water partition coefficient (Wildman–Crippen LogP) is 0.772. The van der Waals surface area contributed by atoms with Crippen LogP contribution in [0.15, 0.2) is 11.6 Å². The molecule has 0 saturated heterocycles. The van der Waals surface area contributed by atoms with E-state index in [0.29, 0.717) is 37.7 Å². The van der Waals surface area contributed by atoms with Gasteiger partial charge >= 0.3 is 5.97 Å². The van der Waals surface area contributed by atoms with Crippen LogP contribution in [-0.4, -0.2) is 35.5 Å². The smallest absolute Gasteiger partial charge is 0.333 e. The zero-order valence-corrected chi connectivity index (χ0v) is 9.48. The molecule has 0 radical (unpaired) electrons. The molecular weight excluding hydrogens is 208 g/mol. The summed E-state index contributed by atoms with van der Waals surface area (Å²) in [6.45, 7) is 0. The Morgan fingerprint density at radius 1 is 1.44 bits per heavy atom. The molecule has 1 spiro atoms. The first-order valence-corrected chi connectivity index (χ1v) is 5.73. The summed E-state index contributed by atoms with van der Waals surface area (Å²) in [6.07, 6.45) is 4.05. The third-order valence-corrected chi connectivity index (χ3v) is 4.08. The van der Waals surface area contributed by atoms with Gasteiger partial charge in [-0.05, 0) is 32.1 Å². The van der Waals surface area contributed by atoms with E-state index < -0.39 is 17.6 Å². The first-order valence-electron chi connectivity index (χ1n) is 5.73. The third kappa shape index (κ3) is 1.66. The highest BCUT2D eigenvalue weighted by Crippen LogP contribution is 2.48. The van der Waals surface area contributed by atoms with Crippen molar-refractivity contribution in [3.8, 4) is 0 Å². The number of ether oxygens (including phenoxy) is 1. The molecule has 2 aliphatic rings. The fourth-order valence-corrected chi connectivity index (χ4v) is 2.92. The first-order chi connectivity index (χ1) is 7.60. The van der Waals surface area contributed by atoms with E-state index in [1.807, 2.05) is 6.08 Å². The maximum absolute atomic E-state index is 11.3. The molecule has 16 heavy (non-hydrogen) atoms. The normalized spacial score (nSPS) is 38.6. The van der Waals surface area contributed by atoms with Gasteiger partial charge in [0.25, 0.3) is 0 Å². The summed E-state index contributed by atoms with van der Waals surface area (Å²) in [5.74, 6) is -0.295. The van der Waals surface area contributed by atoms with Gasteiger partial charge in [0.15, 0.2) is 0 Å². The Morgan fingerprint density at radius 3 is 2.50 bits per heavy atom. The Kier molecular flexibility index (Phi) is 3.04. The highest BCUT2D eigenvalue weighted by atomic mass is 16.5. The molecule has 0 amide bonds. The SMILES string of the molecule is COC(=O)C1=CCC2(CC1)C(O)CCC2O. The van der Waals surface area contributed by atoms with Gasteiger partial charge < -0.3 is 14.9 Å². The van der Waals surface area contributed by atoms with Gasteiger partial charge in [0.05, 0.1) is 19.3 Å². The number of hydrogen-bond acceptors (Lipinski definition) is 4. The lowest BCUT2D eigenvalue weighted by atomic mass is 9.71. The Bertz CT molecular complexity index is 311. The van der Waals surface area contributed by atoms with Crippen molar-refractivity contribution in [2.45, 2.75) is 44.3 Å². The van der Waals surface area contributed by atoms with Crippen LogP contribution in [0.25, 0.3) is 0 Å². The third-order valence-electron chi connectivity index (χ3n) is 4.08. The predicted molar refractivity (Wildman–Crippen MR) is 57.6 cm³/mol. The van der Waals surface area contributed by atoms with E-state index in [9.17, 15) is 15.0 Å². The number of aliphatic hydroxyl groups excluding tert-OH is 2. The Balaban J connectivity index is 2.14. The number of rotatable bonds is 1. The van der Waals surface area contributed by atoms with Gasteiger partial charge in [-0.25, -0.2) is 4.79 Å². The van der Waals surface area contributed by atoms with E-state index in [2.05, 4.69) is 4.74 Å². The number of methoxy groups -OCH3 is 1. The lowest BCUT2D eigenvalue weighted by Gasteiger charge is -2.37.